The van der Waals surface area contributed by atoms with Gasteiger partial charge in [0.1, 0.15) is 6.10 Å². The zero-order valence-electron chi connectivity index (χ0n) is 27.4. The van der Waals surface area contributed by atoms with Gasteiger partial charge in [-0.1, -0.05) is 38.2 Å². The van der Waals surface area contributed by atoms with Gasteiger partial charge in [0.25, 0.3) is 5.91 Å². The number of nitrogens with zero attached hydrogens (tertiary/aromatic N) is 1. The van der Waals surface area contributed by atoms with E-state index in [1.54, 1.807) is 32.1 Å². The van der Waals surface area contributed by atoms with Crippen LogP contribution in [0.25, 0.3) is 0 Å². The first-order valence-corrected chi connectivity index (χ1v) is 14.7. The lowest BCUT2D eigenvalue weighted by Crippen LogP contribution is -2.38. The Balaban J connectivity index is 0.0000101. The van der Waals surface area contributed by atoms with E-state index in [1.807, 2.05) is 32.8 Å². The molecule has 1 aliphatic carbocycles. The molecule has 0 saturated heterocycles. The highest BCUT2D eigenvalue weighted by atomic mass is 35.5. The molecule has 5 N–H and O–H groups in total. The third kappa shape index (κ3) is 11.5. The standard InChI is InChI=1S/C32H48N4O8.ClH/c1-18-14-22-27(34-12-13-36(5)6)24(37)17-23(29(22)39)35-31(40)19(2)10-9-11-25(42-7)30(44-32(33)41)21(4)16-20(3)28(38)26(15-18)43-8;/h9-11,16-18,20,25-26,28,30,34,38H,12-15H2,1-8H3,(H2,33,41)(H,35,40);1H. The van der Waals surface area contributed by atoms with Gasteiger partial charge in [-0.3, -0.25) is 14.4 Å². The smallest absolute Gasteiger partial charge is 0.405 e. The Bertz CT molecular complexity index is 1240. The number of hydrogen-bond donors (Lipinski definition) is 4. The van der Waals surface area contributed by atoms with Crippen LogP contribution in [0.5, 0.6) is 0 Å². The molecule has 2 amide bonds. The summed E-state index contributed by atoms with van der Waals surface area (Å²) in [6.45, 7) is 8.09. The molecule has 6 atom stereocenters. The molecular weight excluding hydrogens is 604 g/mol. The van der Waals surface area contributed by atoms with E-state index in [9.17, 15) is 24.3 Å². The summed E-state index contributed by atoms with van der Waals surface area (Å²) in [5, 5.41) is 17.0. The van der Waals surface area contributed by atoms with Crippen LogP contribution in [0.15, 0.2) is 58.5 Å². The molecule has 0 saturated carbocycles. The third-order valence-electron chi connectivity index (χ3n) is 7.65. The van der Waals surface area contributed by atoms with Gasteiger partial charge in [-0.15, -0.1) is 12.4 Å². The van der Waals surface area contributed by atoms with Crippen LogP contribution in [0.2, 0.25) is 0 Å². The first kappa shape index (κ1) is 39.7. The molecule has 13 heteroatoms. The van der Waals surface area contributed by atoms with E-state index in [1.165, 1.54) is 20.3 Å². The minimum Gasteiger partial charge on any atom is -0.439 e. The zero-order valence-corrected chi connectivity index (χ0v) is 28.2. The summed E-state index contributed by atoms with van der Waals surface area (Å²) in [4.78, 5) is 53.7. The topological polar surface area (TPSA) is 170 Å². The lowest BCUT2D eigenvalue weighted by molar-refractivity contribution is -0.120. The number of rotatable bonds is 7. The van der Waals surface area contributed by atoms with Gasteiger partial charge in [-0.2, -0.15) is 0 Å². The summed E-state index contributed by atoms with van der Waals surface area (Å²) >= 11 is 0. The molecule has 0 aromatic rings. The predicted octanol–water partition coefficient (Wildman–Crippen LogP) is 2.34. The first-order valence-electron chi connectivity index (χ1n) is 14.7. The number of aliphatic hydroxyl groups excluding tert-OH is 1. The molecule has 0 fully saturated rings. The number of nitrogens with two attached hydrogens (primary N) is 1. The first-order chi connectivity index (χ1) is 20.7. The van der Waals surface area contributed by atoms with Crippen molar-refractivity contribution < 1.29 is 38.5 Å². The maximum absolute atomic E-state index is 13.7. The number of halogens is 1. The number of fused-ring (bicyclic) bond motifs is 2. The lowest BCUT2D eigenvalue weighted by Gasteiger charge is -2.30. The van der Waals surface area contributed by atoms with Gasteiger partial charge in [0, 0.05) is 50.4 Å². The van der Waals surface area contributed by atoms with Crippen molar-refractivity contribution in [2.24, 2.45) is 17.6 Å². The summed E-state index contributed by atoms with van der Waals surface area (Å²) in [6, 6.07) is 0. The van der Waals surface area contributed by atoms with Gasteiger partial charge in [0.2, 0.25) is 11.6 Å². The van der Waals surface area contributed by atoms with Crippen molar-refractivity contribution in [2.75, 3.05) is 41.4 Å². The average molecular weight is 653 g/mol. The van der Waals surface area contributed by atoms with Crippen LogP contribution in [-0.2, 0) is 28.6 Å². The number of methoxy groups -OCH3 is 2. The lowest BCUT2D eigenvalue weighted by atomic mass is 9.85. The second kappa shape index (κ2) is 18.6. The summed E-state index contributed by atoms with van der Waals surface area (Å²) in [6.07, 6.45) is 3.88. The predicted molar refractivity (Wildman–Crippen MR) is 173 cm³/mol. The number of likely N-dealkylation sites (N-methyl/N-ethyl adjacent to an activating group) is 1. The number of carbonyl (C=O) groups excluding carboxylic acids is 4. The number of hydrogen-bond acceptors (Lipinski definition) is 10. The van der Waals surface area contributed by atoms with Crippen molar-refractivity contribution in [2.45, 2.75) is 65.0 Å². The number of carbonyl (C=O) groups is 4. The van der Waals surface area contributed by atoms with Crippen LogP contribution >= 0.6 is 12.4 Å². The van der Waals surface area contributed by atoms with Gasteiger partial charge in [-0.05, 0) is 52.3 Å². The van der Waals surface area contributed by atoms with Crippen molar-refractivity contribution >= 4 is 36.0 Å². The molecule has 0 aromatic heterocycles. The largest absolute Gasteiger partial charge is 0.439 e. The molecular formula is C32H49ClN4O8. The molecule has 2 aliphatic rings. The second-order valence-electron chi connectivity index (χ2n) is 11.7. The fourth-order valence-corrected chi connectivity index (χ4v) is 5.18. The van der Waals surface area contributed by atoms with Crippen molar-refractivity contribution in [3.63, 3.8) is 0 Å². The number of Topliss-reactive ketones (excluding diaryl/α,β-unsaturated/α-hetero) is 1. The quantitative estimate of drug-likeness (QED) is 0.237. The number of ketones is 2. The minimum absolute atomic E-state index is 0. The summed E-state index contributed by atoms with van der Waals surface area (Å²) in [5.74, 6) is -2.06. The molecule has 252 valence electrons. The number of ether oxygens (including phenoxy) is 3. The molecule has 0 aromatic carbocycles. The molecule has 6 unspecified atom stereocenters. The molecule has 1 aliphatic heterocycles. The number of aliphatic hydroxyl groups is 1. The normalized spacial score (nSPS) is 27.2. The summed E-state index contributed by atoms with van der Waals surface area (Å²) < 4.78 is 16.6. The highest BCUT2D eigenvalue weighted by molar-refractivity contribution is 6.23. The van der Waals surface area contributed by atoms with Crippen LogP contribution in [0.1, 0.15) is 40.5 Å². The highest BCUT2D eigenvalue weighted by Gasteiger charge is 2.33. The molecule has 0 radical (unpaired) electrons. The highest BCUT2D eigenvalue weighted by Crippen LogP contribution is 2.28. The third-order valence-corrected chi connectivity index (χ3v) is 7.65. The Labute approximate surface area is 272 Å². The fourth-order valence-electron chi connectivity index (χ4n) is 5.18. The van der Waals surface area contributed by atoms with E-state index in [0.29, 0.717) is 25.1 Å². The van der Waals surface area contributed by atoms with Crippen LogP contribution < -0.4 is 16.4 Å². The molecule has 2 bridgehead atoms. The molecule has 45 heavy (non-hydrogen) atoms. The molecule has 2 rings (SSSR count). The van der Waals surface area contributed by atoms with Crippen LogP contribution in [0, 0.1) is 11.8 Å². The van der Waals surface area contributed by atoms with Crippen LogP contribution in [-0.4, -0.2) is 99.4 Å². The van der Waals surface area contributed by atoms with Gasteiger partial charge < -0.3 is 40.6 Å². The van der Waals surface area contributed by atoms with E-state index < -0.39 is 53.9 Å². The van der Waals surface area contributed by atoms with E-state index in [4.69, 9.17) is 19.9 Å². The van der Waals surface area contributed by atoms with Crippen LogP contribution in [0.4, 0.5) is 4.79 Å². The van der Waals surface area contributed by atoms with Crippen molar-refractivity contribution in [1.29, 1.82) is 0 Å². The second-order valence-corrected chi connectivity index (χ2v) is 11.7. The Morgan fingerprint density at radius 2 is 1.82 bits per heavy atom. The Hall–Kier alpha value is -3.29. The SMILES string of the molecule is COC1C=CC=C(C)C(=O)NC2=CC(=O)C(NCCN(C)C)=C(CC(C)CC(OC)C(O)C(C)C=C(C)C1OC(N)=O)C2=O.Cl. The number of nitrogens with one attached hydrogen (secondary N) is 2. The molecule has 0 spiro atoms. The Morgan fingerprint density at radius 1 is 1.16 bits per heavy atom. The van der Waals surface area contributed by atoms with Crippen LogP contribution in [0.3, 0.4) is 0 Å². The summed E-state index contributed by atoms with van der Waals surface area (Å²) in [5.41, 5.74) is 6.55. The number of amides is 2. The van der Waals surface area contributed by atoms with Crippen molar-refractivity contribution in [3.8, 4) is 0 Å². The monoisotopic (exact) mass is 652 g/mol. The Morgan fingerprint density at radius 3 is 2.40 bits per heavy atom. The maximum atomic E-state index is 13.7. The van der Waals surface area contributed by atoms with Gasteiger partial charge >= 0.3 is 6.09 Å². The van der Waals surface area contributed by atoms with Gasteiger partial charge in [0.15, 0.2) is 6.10 Å². The number of allylic oxidation sites excluding steroid dienone is 4. The average Bonchev–Trinajstić information content (AvgIpc) is 2.95. The van der Waals surface area contributed by atoms with Crippen molar-refractivity contribution in [3.05, 3.63) is 58.5 Å². The summed E-state index contributed by atoms with van der Waals surface area (Å²) in [7, 11) is 6.74. The molecule has 12 nitrogen and oxygen atoms in total. The Kier molecular flexibility index (Phi) is 16.4. The maximum Gasteiger partial charge on any atom is 0.405 e. The van der Waals surface area contributed by atoms with E-state index in [-0.39, 0.29) is 47.3 Å². The van der Waals surface area contributed by atoms with E-state index in [0.717, 1.165) is 6.08 Å². The van der Waals surface area contributed by atoms with E-state index in [2.05, 4.69) is 10.6 Å². The van der Waals surface area contributed by atoms with Gasteiger partial charge in [0.05, 0.1) is 23.6 Å². The van der Waals surface area contributed by atoms with E-state index >= 15 is 0 Å². The molecule has 1 heterocycles. The minimum atomic E-state index is -0.997. The zero-order chi connectivity index (χ0) is 33.1. The number of primary amides is 1. The van der Waals surface area contributed by atoms with Gasteiger partial charge in [-0.25, -0.2) is 4.79 Å². The fraction of sp³-hybridized carbons (Fsp3) is 0.562. The van der Waals surface area contributed by atoms with Crippen molar-refractivity contribution in [1.82, 2.24) is 15.5 Å².